The average molecular weight is 288 g/mol. The molecular weight excluding hydrogens is 268 g/mol. The number of benzene rings is 1. The van der Waals surface area contributed by atoms with Gasteiger partial charge in [0.05, 0.1) is 19.8 Å². The molecule has 0 bridgehead atoms. The first-order valence-electron chi connectivity index (χ1n) is 7.06. The van der Waals surface area contributed by atoms with E-state index in [-0.39, 0.29) is 12.1 Å². The fourth-order valence-corrected chi connectivity index (χ4v) is 2.88. The Hall–Kier alpha value is -1.92. The fourth-order valence-electron chi connectivity index (χ4n) is 2.88. The summed E-state index contributed by atoms with van der Waals surface area (Å²) in [4.78, 5) is 2.24. The number of methoxy groups -OCH3 is 1. The smallest absolute Gasteiger partial charge is 0.146 e. The molecule has 2 heterocycles. The van der Waals surface area contributed by atoms with E-state index in [0.717, 1.165) is 23.6 Å². The number of hydrogen-bond acceptors (Lipinski definition) is 5. The van der Waals surface area contributed by atoms with Crippen LogP contribution in [0.2, 0.25) is 0 Å². The van der Waals surface area contributed by atoms with E-state index >= 15 is 0 Å². The second kappa shape index (κ2) is 5.83. The van der Waals surface area contributed by atoms with Gasteiger partial charge in [0.15, 0.2) is 0 Å². The van der Waals surface area contributed by atoms with Crippen molar-refractivity contribution in [2.24, 2.45) is 7.05 Å². The van der Waals surface area contributed by atoms with Crippen molar-refractivity contribution in [2.45, 2.75) is 25.1 Å². The van der Waals surface area contributed by atoms with Crippen molar-refractivity contribution in [2.75, 3.05) is 13.7 Å². The Morgan fingerprint density at radius 3 is 3.00 bits per heavy atom. The van der Waals surface area contributed by atoms with Crippen molar-refractivity contribution in [3.63, 3.8) is 0 Å². The number of ether oxygens (including phenoxy) is 1. The lowest BCUT2D eigenvalue weighted by molar-refractivity contribution is 0.171. The van der Waals surface area contributed by atoms with Gasteiger partial charge in [-0.05, 0) is 24.1 Å². The summed E-state index contributed by atoms with van der Waals surface area (Å²) in [6.07, 6.45) is 2.11. The van der Waals surface area contributed by atoms with Gasteiger partial charge >= 0.3 is 0 Å². The Morgan fingerprint density at radius 1 is 1.43 bits per heavy atom. The highest BCUT2D eigenvalue weighted by Crippen LogP contribution is 2.34. The molecule has 1 aromatic carbocycles. The molecule has 0 amide bonds. The molecule has 1 aliphatic rings. The third kappa shape index (κ3) is 2.91. The summed E-state index contributed by atoms with van der Waals surface area (Å²) in [6, 6.07) is 8.20. The SMILES string of the molecule is COc1cccc([C@H]2C[C@@H](O)CN2Cc2nncn2C)c1. The Balaban J connectivity index is 1.83. The summed E-state index contributed by atoms with van der Waals surface area (Å²) >= 11 is 0. The van der Waals surface area contributed by atoms with Crippen LogP contribution in [0.25, 0.3) is 0 Å². The molecule has 3 rings (SSSR count). The van der Waals surface area contributed by atoms with Gasteiger partial charge in [0, 0.05) is 19.6 Å². The van der Waals surface area contributed by atoms with Crippen LogP contribution in [0.15, 0.2) is 30.6 Å². The molecule has 0 saturated carbocycles. The molecule has 0 unspecified atom stereocenters. The molecule has 6 heteroatoms. The maximum absolute atomic E-state index is 10.0. The third-order valence-corrected chi connectivity index (χ3v) is 4.01. The molecule has 0 aliphatic carbocycles. The normalized spacial score (nSPS) is 22.6. The molecule has 1 aliphatic heterocycles. The minimum Gasteiger partial charge on any atom is -0.497 e. The minimum atomic E-state index is -0.311. The fraction of sp³-hybridized carbons (Fsp3) is 0.467. The Labute approximate surface area is 124 Å². The largest absolute Gasteiger partial charge is 0.497 e. The molecule has 1 aromatic heterocycles. The van der Waals surface area contributed by atoms with E-state index in [1.807, 2.05) is 29.8 Å². The number of likely N-dealkylation sites (tertiary alicyclic amines) is 1. The van der Waals surface area contributed by atoms with Gasteiger partial charge in [-0.15, -0.1) is 10.2 Å². The van der Waals surface area contributed by atoms with Crippen molar-refractivity contribution >= 4 is 0 Å². The van der Waals surface area contributed by atoms with Crippen LogP contribution in [0.5, 0.6) is 5.75 Å². The Morgan fingerprint density at radius 2 is 2.29 bits per heavy atom. The molecule has 2 atom stereocenters. The molecule has 0 spiro atoms. The summed E-state index contributed by atoms with van der Waals surface area (Å²) in [5.41, 5.74) is 1.16. The minimum absolute atomic E-state index is 0.173. The van der Waals surface area contributed by atoms with Crippen LogP contribution in [-0.2, 0) is 13.6 Å². The molecule has 112 valence electrons. The van der Waals surface area contributed by atoms with Crippen LogP contribution in [0.3, 0.4) is 0 Å². The van der Waals surface area contributed by atoms with Gasteiger partial charge in [0.2, 0.25) is 0 Å². The summed E-state index contributed by atoms with van der Waals surface area (Å²) in [6.45, 7) is 1.32. The number of nitrogens with zero attached hydrogens (tertiary/aromatic N) is 4. The lowest BCUT2D eigenvalue weighted by Crippen LogP contribution is -2.25. The Bertz CT molecular complexity index is 613. The standard InChI is InChI=1S/C15H20N4O2/c1-18-10-16-17-15(18)9-19-8-12(20)7-14(19)11-4-3-5-13(6-11)21-2/h3-6,10,12,14,20H,7-9H2,1-2H3/t12-,14-/m1/s1. The first-order valence-corrected chi connectivity index (χ1v) is 7.06. The lowest BCUT2D eigenvalue weighted by atomic mass is 10.0. The van der Waals surface area contributed by atoms with Gasteiger partial charge < -0.3 is 14.4 Å². The predicted molar refractivity (Wildman–Crippen MR) is 77.8 cm³/mol. The maximum Gasteiger partial charge on any atom is 0.146 e. The number of aryl methyl sites for hydroxylation is 1. The first-order chi connectivity index (χ1) is 10.2. The van der Waals surface area contributed by atoms with Crippen LogP contribution in [0.4, 0.5) is 0 Å². The van der Waals surface area contributed by atoms with E-state index in [1.165, 1.54) is 0 Å². The van der Waals surface area contributed by atoms with Crippen molar-refractivity contribution in [3.8, 4) is 5.75 Å². The van der Waals surface area contributed by atoms with Gasteiger partial charge in [-0.3, -0.25) is 4.90 Å². The number of aliphatic hydroxyl groups excluding tert-OH is 1. The lowest BCUT2D eigenvalue weighted by Gasteiger charge is -2.24. The summed E-state index contributed by atoms with van der Waals surface area (Å²) in [5.74, 6) is 1.74. The van der Waals surface area contributed by atoms with Gasteiger partial charge in [0.1, 0.15) is 17.9 Å². The van der Waals surface area contributed by atoms with Crippen LogP contribution in [-0.4, -0.2) is 44.5 Å². The molecular formula is C15H20N4O2. The first kappa shape index (κ1) is 14.0. The maximum atomic E-state index is 10.0. The highest BCUT2D eigenvalue weighted by molar-refractivity contribution is 5.31. The van der Waals surface area contributed by atoms with E-state index in [4.69, 9.17) is 4.74 Å². The van der Waals surface area contributed by atoms with Gasteiger partial charge in [-0.25, -0.2) is 0 Å². The summed E-state index contributed by atoms with van der Waals surface area (Å²) in [5, 5.41) is 18.1. The third-order valence-electron chi connectivity index (χ3n) is 4.01. The van der Waals surface area contributed by atoms with Crippen LogP contribution < -0.4 is 4.74 Å². The molecule has 1 fully saturated rings. The molecule has 1 N–H and O–H groups in total. The van der Waals surface area contributed by atoms with E-state index in [1.54, 1.807) is 13.4 Å². The average Bonchev–Trinajstić information content (AvgIpc) is 3.06. The van der Waals surface area contributed by atoms with Gasteiger partial charge in [0.25, 0.3) is 0 Å². The molecule has 6 nitrogen and oxygen atoms in total. The predicted octanol–water partition coefficient (Wildman–Crippen LogP) is 1.13. The number of β-amino-alcohol motifs (C(OH)–C–C–N with tert-alkyl or cyclic N) is 1. The summed E-state index contributed by atoms with van der Waals surface area (Å²) < 4.78 is 7.20. The van der Waals surface area contributed by atoms with Crippen molar-refractivity contribution < 1.29 is 9.84 Å². The van der Waals surface area contributed by atoms with Crippen molar-refractivity contribution in [1.82, 2.24) is 19.7 Å². The zero-order valence-corrected chi connectivity index (χ0v) is 12.3. The molecule has 21 heavy (non-hydrogen) atoms. The topological polar surface area (TPSA) is 63.4 Å². The Kier molecular flexibility index (Phi) is 3.90. The van der Waals surface area contributed by atoms with E-state index in [0.29, 0.717) is 13.1 Å². The van der Waals surface area contributed by atoms with E-state index in [2.05, 4.69) is 21.2 Å². The number of hydrogen-bond donors (Lipinski definition) is 1. The van der Waals surface area contributed by atoms with Crippen molar-refractivity contribution in [1.29, 1.82) is 0 Å². The number of aromatic nitrogens is 3. The molecule has 2 aromatic rings. The highest BCUT2D eigenvalue weighted by atomic mass is 16.5. The second-order valence-corrected chi connectivity index (χ2v) is 5.47. The zero-order valence-electron chi connectivity index (χ0n) is 12.3. The monoisotopic (exact) mass is 288 g/mol. The number of rotatable bonds is 4. The molecule has 0 radical (unpaired) electrons. The quantitative estimate of drug-likeness (QED) is 0.914. The number of aliphatic hydroxyl groups is 1. The van der Waals surface area contributed by atoms with Gasteiger partial charge in [-0.1, -0.05) is 12.1 Å². The van der Waals surface area contributed by atoms with E-state index < -0.39 is 0 Å². The van der Waals surface area contributed by atoms with Crippen molar-refractivity contribution in [3.05, 3.63) is 42.0 Å². The van der Waals surface area contributed by atoms with Crippen LogP contribution >= 0.6 is 0 Å². The summed E-state index contributed by atoms with van der Waals surface area (Å²) in [7, 11) is 3.60. The van der Waals surface area contributed by atoms with Crippen LogP contribution in [0.1, 0.15) is 23.9 Å². The second-order valence-electron chi connectivity index (χ2n) is 5.47. The highest BCUT2D eigenvalue weighted by Gasteiger charge is 2.32. The van der Waals surface area contributed by atoms with E-state index in [9.17, 15) is 5.11 Å². The van der Waals surface area contributed by atoms with Gasteiger partial charge in [-0.2, -0.15) is 0 Å². The zero-order chi connectivity index (χ0) is 14.8. The molecule has 1 saturated heterocycles. The van der Waals surface area contributed by atoms with Crippen LogP contribution in [0, 0.1) is 0 Å².